The van der Waals surface area contributed by atoms with E-state index in [0.29, 0.717) is 23.5 Å². The van der Waals surface area contributed by atoms with Gasteiger partial charge in [-0.1, -0.05) is 0 Å². The number of nitrogens with zero attached hydrogens (tertiary/aromatic N) is 1. The van der Waals surface area contributed by atoms with Crippen LogP contribution in [0.1, 0.15) is 11.1 Å². The standard InChI is InChI=1S/C12H11NO3/c1-15-11-4-7-3-10(14)9(6-13)8(7)5-12(11)16-2/h4-5,14H,3H2,1-2H3. The largest absolute Gasteiger partial charge is 0.511 e. The first-order chi connectivity index (χ1) is 7.71. The zero-order valence-electron chi connectivity index (χ0n) is 9.07. The molecule has 0 aromatic heterocycles. The monoisotopic (exact) mass is 217 g/mol. The Hall–Kier alpha value is -2.15. The molecule has 1 aliphatic rings. The summed E-state index contributed by atoms with van der Waals surface area (Å²) in [5.74, 6) is 1.27. The minimum absolute atomic E-state index is 0.104. The Morgan fingerprint density at radius 1 is 1.25 bits per heavy atom. The van der Waals surface area contributed by atoms with Gasteiger partial charge in [0.25, 0.3) is 0 Å². The Morgan fingerprint density at radius 2 is 1.88 bits per heavy atom. The Morgan fingerprint density at radius 3 is 2.44 bits per heavy atom. The third-order valence-electron chi connectivity index (χ3n) is 2.64. The smallest absolute Gasteiger partial charge is 0.161 e. The number of fused-ring (bicyclic) bond motifs is 1. The van der Waals surface area contributed by atoms with E-state index in [1.807, 2.05) is 6.07 Å². The second-order valence-corrected chi connectivity index (χ2v) is 3.47. The third-order valence-corrected chi connectivity index (χ3v) is 2.64. The van der Waals surface area contributed by atoms with Gasteiger partial charge in [-0.25, -0.2) is 0 Å². The average molecular weight is 217 g/mol. The van der Waals surface area contributed by atoms with E-state index < -0.39 is 0 Å². The molecule has 0 bridgehead atoms. The van der Waals surface area contributed by atoms with Gasteiger partial charge in [-0.2, -0.15) is 5.26 Å². The molecule has 1 aromatic rings. The predicted octanol–water partition coefficient (Wildman–Crippen LogP) is 2.05. The van der Waals surface area contributed by atoms with Crippen molar-refractivity contribution in [1.29, 1.82) is 5.26 Å². The SMILES string of the molecule is COc1cc2c(cc1OC)C(C#N)=C(O)C2. The van der Waals surface area contributed by atoms with Crippen molar-refractivity contribution in [3.05, 3.63) is 29.0 Å². The quantitative estimate of drug-likeness (QED) is 0.823. The highest BCUT2D eigenvalue weighted by atomic mass is 16.5. The average Bonchev–Trinajstić information content (AvgIpc) is 2.61. The molecule has 0 saturated carbocycles. The van der Waals surface area contributed by atoms with E-state index in [1.54, 1.807) is 19.2 Å². The molecular weight excluding hydrogens is 206 g/mol. The topological polar surface area (TPSA) is 62.5 Å². The molecule has 0 heterocycles. The molecule has 16 heavy (non-hydrogen) atoms. The number of allylic oxidation sites excluding steroid dienone is 2. The molecule has 1 aromatic carbocycles. The summed E-state index contributed by atoms with van der Waals surface area (Å²) in [6.07, 6.45) is 0.374. The third kappa shape index (κ3) is 1.38. The Kier molecular flexibility index (Phi) is 2.45. The molecule has 2 rings (SSSR count). The lowest BCUT2D eigenvalue weighted by molar-refractivity contribution is 0.354. The summed E-state index contributed by atoms with van der Waals surface area (Å²) in [5.41, 5.74) is 1.92. The minimum Gasteiger partial charge on any atom is -0.511 e. The highest BCUT2D eigenvalue weighted by Crippen LogP contribution is 2.38. The van der Waals surface area contributed by atoms with Gasteiger partial charge in [-0.3, -0.25) is 0 Å². The normalized spacial score (nSPS) is 13.3. The number of ether oxygens (including phenoxy) is 2. The highest BCUT2D eigenvalue weighted by Gasteiger charge is 2.23. The van der Waals surface area contributed by atoms with Crippen LogP contribution in [-0.2, 0) is 6.42 Å². The summed E-state index contributed by atoms with van der Waals surface area (Å²) in [6.45, 7) is 0. The van der Waals surface area contributed by atoms with E-state index in [2.05, 4.69) is 0 Å². The fourth-order valence-electron chi connectivity index (χ4n) is 1.85. The number of benzene rings is 1. The van der Waals surface area contributed by atoms with Crippen LogP contribution in [0, 0.1) is 11.3 Å². The van der Waals surface area contributed by atoms with Gasteiger partial charge in [0.15, 0.2) is 11.5 Å². The molecule has 0 fully saturated rings. The lowest BCUT2D eigenvalue weighted by atomic mass is 10.1. The van der Waals surface area contributed by atoms with E-state index in [0.717, 1.165) is 11.1 Å². The first-order valence-electron chi connectivity index (χ1n) is 4.78. The van der Waals surface area contributed by atoms with Crippen molar-refractivity contribution in [3.63, 3.8) is 0 Å². The van der Waals surface area contributed by atoms with Crippen molar-refractivity contribution < 1.29 is 14.6 Å². The van der Waals surface area contributed by atoms with Crippen LogP contribution in [-0.4, -0.2) is 19.3 Å². The molecule has 0 amide bonds. The molecule has 4 heteroatoms. The van der Waals surface area contributed by atoms with Gasteiger partial charge in [0.2, 0.25) is 0 Å². The lowest BCUT2D eigenvalue weighted by Crippen LogP contribution is -1.94. The Bertz CT molecular complexity index is 512. The van der Waals surface area contributed by atoms with E-state index >= 15 is 0 Å². The molecule has 82 valence electrons. The van der Waals surface area contributed by atoms with Gasteiger partial charge in [-0.05, 0) is 17.7 Å². The van der Waals surface area contributed by atoms with Gasteiger partial charge in [-0.15, -0.1) is 0 Å². The van der Waals surface area contributed by atoms with Gasteiger partial charge < -0.3 is 14.6 Å². The van der Waals surface area contributed by atoms with Crippen LogP contribution in [0.15, 0.2) is 17.9 Å². The van der Waals surface area contributed by atoms with Crippen molar-refractivity contribution in [2.24, 2.45) is 0 Å². The van der Waals surface area contributed by atoms with Gasteiger partial charge >= 0.3 is 0 Å². The summed E-state index contributed by atoms with van der Waals surface area (Å²) in [7, 11) is 3.09. The molecule has 0 saturated heterocycles. The van der Waals surface area contributed by atoms with Crippen LogP contribution in [0.25, 0.3) is 5.57 Å². The van der Waals surface area contributed by atoms with Gasteiger partial charge in [0.05, 0.1) is 19.8 Å². The van der Waals surface area contributed by atoms with Crippen LogP contribution < -0.4 is 9.47 Å². The minimum atomic E-state index is 0.104. The van der Waals surface area contributed by atoms with Crippen LogP contribution in [0.5, 0.6) is 11.5 Å². The summed E-state index contributed by atoms with van der Waals surface area (Å²) in [6, 6.07) is 5.50. The molecule has 1 aliphatic carbocycles. The maximum absolute atomic E-state index is 9.61. The Labute approximate surface area is 93.3 Å². The number of rotatable bonds is 2. The molecule has 4 nitrogen and oxygen atoms in total. The molecule has 0 aliphatic heterocycles. The fraction of sp³-hybridized carbons (Fsp3) is 0.250. The first-order valence-corrected chi connectivity index (χ1v) is 4.78. The van der Waals surface area contributed by atoms with Crippen molar-refractivity contribution in [1.82, 2.24) is 0 Å². The van der Waals surface area contributed by atoms with Crippen molar-refractivity contribution in [3.8, 4) is 17.6 Å². The predicted molar refractivity (Wildman–Crippen MR) is 58.4 cm³/mol. The Balaban J connectivity index is 2.59. The first kappa shape index (κ1) is 10.4. The molecule has 0 spiro atoms. The van der Waals surface area contributed by atoms with E-state index in [4.69, 9.17) is 14.7 Å². The number of aliphatic hydroxyl groups is 1. The molecule has 0 radical (unpaired) electrons. The molecule has 1 N–H and O–H groups in total. The van der Waals surface area contributed by atoms with Gasteiger partial charge in [0, 0.05) is 12.0 Å². The number of hydrogen-bond donors (Lipinski definition) is 1. The van der Waals surface area contributed by atoms with Crippen LogP contribution >= 0.6 is 0 Å². The maximum Gasteiger partial charge on any atom is 0.161 e. The summed E-state index contributed by atoms with van der Waals surface area (Å²) < 4.78 is 10.3. The van der Waals surface area contributed by atoms with Crippen molar-refractivity contribution >= 4 is 5.57 Å². The van der Waals surface area contributed by atoms with Crippen LogP contribution in [0.3, 0.4) is 0 Å². The zero-order valence-corrected chi connectivity index (χ0v) is 9.07. The van der Waals surface area contributed by atoms with E-state index in [-0.39, 0.29) is 5.76 Å². The van der Waals surface area contributed by atoms with E-state index in [1.165, 1.54) is 7.11 Å². The summed E-state index contributed by atoms with van der Waals surface area (Å²) >= 11 is 0. The molecule has 0 atom stereocenters. The molecule has 0 unspecified atom stereocenters. The second-order valence-electron chi connectivity index (χ2n) is 3.47. The van der Waals surface area contributed by atoms with Gasteiger partial charge in [0.1, 0.15) is 11.8 Å². The zero-order chi connectivity index (χ0) is 11.7. The summed E-state index contributed by atoms with van der Waals surface area (Å²) in [5, 5.41) is 18.5. The van der Waals surface area contributed by atoms with E-state index in [9.17, 15) is 5.11 Å². The number of nitriles is 1. The summed E-state index contributed by atoms with van der Waals surface area (Å²) in [4.78, 5) is 0. The highest BCUT2D eigenvalue weighted by molar-refractivity contribution is 5.85. The van der Waals surface area contributed by atoms with Crippen LogP contribution in [0.4, 0.5) is 0 Å². The number of hydrogen-bond acceptors (Lipinski definition) is 4. The molecular formula is C12H11NO3. The number of methoxy groups -OCH3 is 2. The van der Waals surface area contributed by atoms with Crippen molar-refractivity contribution in [2.45, 2.75) is 6.42 Å². The van der Waals surface area contributed by atoms with Crippen molar-refractivity contribution in [2.75, 3.05) is 14.2 Å². The second kappa shape index (κ2) is 3.78. The van der Waals surface area contributed by atoms with Crippen LogP contribution in [0.2, 0.25) is 0 Å². The maximum atomic E-state index is 9.61. The fourth-order valence-corrected chi connectivity index (χ4v) is 1.85. The lowest BCUT2D eigenvalue weighted by Gasteiger charge is -2.09. The number of aliphatic hydroxyl groups excluding tert-OH is 1.